The molecule has 0 bridgehead atoms. The zero-order chi connectivity index (χ0) is 17.6. The van der Waals surface area contributed by atoms with Crippen molar-refractivity contribution in [3.05, 3.63) is 66.2 Å². The van der Waals surface area contributed by atoms with Gasteiger partial charge in [-0.05, 0) is 35.3 Å². The molecule has 0 aliphatic rings. The van der Waals surface area contributed by atoms with Gasteiger partial charge in [-0.15, -0.1) is 0 Å². The van der Waals surface area contributed by atoms with Crippen molar-refractivity contribution in [1.29, 1.82) is 0 Å². The first-order valence-electron chi connectivity index (χ1n) is 8.72. The monoisotopic (exact) mass is 368 g/mol. The van der Waals surface area contributed by atoms with Crippen molar-refractivity contribution < 1.29 is 4.42 Å². The second-order valence-electron chi connectivity index (χ2n) is 6.38. The molecule has 25 heavy (non-hydrogen) atoms. The molecule has 130 valence electrons. The Morgan fingerprint density at radius 3 is 2.32 bits per heavy atom. The smallest absolute Gasteiger partial charge is 0.161 e. The van der Waals surface area contributed by atoms with E-state index in [0.717, 1.165) is 39.9 Å². The number of benzene rings is 2. The van der Waals surface area contributed by atoms with Gasteiger partial charge in [0.15, 0.2) is 5.09 Å². The second-order valence-corrected chi connectivity index (χ2v) is 7.92. The SMILES string of the molecule is CC(C)c1ccc(-c2oc(SCCCS)cc2-c2ccccc2)cc1. The number of furan rings is 1. The third kappa shape index (κ3) is 4.53. The molecule has 1 nitrogen and oxygen atoms in total. The topological polar surface area (TPSA) is 13.1 Å². The summed E-state index contributed by atoms with van der Waals surface area (Å²) in [6.07, 6.45) is 1.08. The van der Waals surface area contributed by atoms with E-state index < -0.39 is 0 Å². The van der Waals surface area contributed by atoms with Gasteiger partial charge in [-0.25, -0.2) is 0 Å². The van der Waals surface area contributed by atoms with Gasteiger partial charge in [-0.1, -0.05) is 80.2 Å². The zero-order valence-corrected chi connectivity index (χ0v) is 16.4. The van der Waals surface area contributed by atoms with Gasteiger partial charge in [-0.3, -0.25) is 0 Å². The van der Waals surface area contributed by atoms with Crippen LogP contribution in [0.4, 0.5) is 0 Å². The molecule has 0 amide bonds. The van der Waals surface area contributed by atoms with E-state index in [2.05, 4.69) is 81.1 Å². The van der Waals surface area contributed by atoms with Crippen LogP contribution >= 0.6 is 24.4 Å². The Morgan fingerprint density at radius 1 is 0.960 bits per heavy atom. The molecule has 1 aromatic heterocycles. The maximum atomic E-state index is 6.24. The van der Waals surface area contributed by atoms with Crippen LogP contribution in [0.1, 0.15) is 31.7 Å². The van der Waals surface area contributed by atoms with Crippen LogP contribution in [-0.2, 0) is 0 Å². The predicted octanol–water partition coefficient (Wildman–Crippen LogP) is 7.15. The molecule has 0 aliphatic carbocycles. The lowest BCUT2D eigenvalue weighted by atomic mass is 9.98. The lowest BCUT2D eigenvalue weighted by Crippen LogP contribution is -1.87. The summed E-state index contributed by atoms with van der Waals surface area (Å²) < 4.78 is 6.24. The summed E-state index contributed by atoms with van der Waals surface area (Å²) in [5, 5.41) is 0.976. The van der Waals surface area contributed by atoms with Gasteiger partial charge in [0.1, 0.15) is 5.76 Å². The predicted molar refractivity (Wildman–Crippen MR) is 113 cm³/mol. The molecule has 0 unspecified atom stereocenters. The van der Waals surface area contributed by atoms with E-state index in [1.807, 2.05) is 6.07 Å². The van der Waals surface area contributed by atoms with Crippen LogP contribution in [-0.4, -0.2) is 11.5 Å². The molecule has 0 saturated heterocycles. The van der Waals surface area contributed by atoms with Crippen LogP contribution in [0, 0.1) is 0 Å². The molecule has 0 N–H and O–H groups in total. The Bertz CT molecular complexity index is 789. The minimum atomic E-state index is 0.534. The van der Waals surface area contributed by atoms with E-state index in [1.54, 1.807) is 11.8 Å². The Labute approximate surface area is 160 Å². The highest BCUT2D eigenvalue weighted by atomic mass is 32.2. The molecule has 3 aromatic rings. The van der Waals surface area contributed by atoms with Crippen LogP contribution in [0.15, 0.2) is 70.2 Å². The number of hydrogen-bond donors (Lipinski definition) is 1. The fraction of sp³-hybridized carbons (Fsp3) is 0.273. The zero-order valence-electron chi connectivity index (χ0n) is 14.7. The third-order valence-corrected chi connectivity index (χ3v) is 5.48. The summed E-state index contributed by atoms with van der Waals surface area (Å²) in [6, 6.07) is 21.4. The molecule has 0 spiro atoms. The minimum absolute atomic E-state index is 0.534. The van der Waals surface area contributed by atoms with E-state index >= 15 is 0 Å². The number of rotatable bonds is 7. The molecule has 1 heterocycles. The van der Waals surface area contributed by atoms with Crippen molar-refractivity contribution in [2.75, 3.05) is 11.5 Å². The van der Waals surface area contributed by atoms with Gasteiger partial charge in [-0.2, -0.15) is 12.6 Å². The van der Waals surface area contributed by atoms with Crippen LogP contribution < -0.4 is 0 Å². The van der Waals surface area contributed by atoms with E-state index in [-0.39, 0.29) is 0 Å². The van der Waals surface area contributed by atoms with Crippen LogP contribution in [0.25, 0.3) is 22.5 Å². The number of hydrogen-bond acceptors (Lipinski definition) is 3. The van der Waals surface area contributed by atoms with Gasteiger partial charge in [0.05, 0.1) is 0 Å². The first-order valence-corrected chi connectivity index (χ1v) is 10.3. The lowest BCUT2D eigenvalue weighted by Gasteiger charge is -2.07. The van der Waals surface area contributed by atoms with Crippen molar-refractivity contribution in [2.45, 2.75) is 31.3 Å². The number of thioether (sulfide) groups is 1. The van der Waals surface area contributed by atoms with Crippen LogP contribution in [0.2, 0.25) is 0 Å². The van der Waals surface area contributed by atoms with Crippen molar-refractivity contribution in [3.63, 3.8) is 0 Å². The quantitative estimate of drug-likeness (QED) is 0.270. The molecule has 0 aliphatic heterocycles. The van der Waals surface area contributed by atoms with E-state index in [9.17, 15) is 0 Å². The van der Waals surface area contributed by atoms with E-state index in [1.165, 1.54) is 11.1 Å². The highest BCUT2D eigenvalue weighted by Crippen LogP contribution is 2.39. The van der Waals surface area contributed by atoms with E-state index in [4.69, 9.17) is 4.42 Å². The Morgan fingerprint density at radius 2 is 1.68 bits per heavy atom. The average molecular weight is 369 g/mol. The van der Waals surface area contributed by atoms with Gasteiger partial charge >= 0.3 is 0 Å². The number of thiol groups is 1. The summed E-state index contributed by atoms with van der Waals surface area (Å²) >= 11 is 6.05. The van der Waals surface area contributed by atoms with Gasteiger partial charge in [0.2, 0.25) is 0 Å². The van der Waals surface area contributed by atoms with Crippen molar-refractivity contribution in [1.82, 2.24) is 0 Å². The first-order chi connectivity index (χ1) is 12.2. The van der Waals surface area contributed by atoms with Crippen molar-refractivity contribution >= 4 is 24.4 Å². The molecule has 3 heteroatoms. The molecule has 3 rings (SSSR count). The maximum absolute atomic E-state index is 6.24. The lowest BCUT2D eigenvalue weighted by molar-refractivity contribution is 0.488. The molecule has 0 atom stereocenters. The summed E-state index contributed by atoms with van der Waals surface area (Å²) in [5.41, 5.74) is 4.82. The largest absolute Gasteiger partial charge is 0.449 e. The summed E-state index contributed by atoms with van der Waals surface area (Å²) in [4.78, 5) is 0. The molecular weight excluding hydrogens is 344 g/mol. The van der Waals surface area contributed by atoms with Gasteiger partial charge < -0.3 is 4.42 Å². The van der Waals surface area contributed by atoms with Gasteiger partial charge in [0.25, 0.3) is 0 Å². The van der Waals surface area contributed by atoms with Crippen LogP contribution in [0.3, 0.4) is 0 Å². The average Bonchev–Trinajstić information content (AvgIpc) is 3.07. The van der Waals surface area contributed by atoms with Crippen molar-refractivity contribution in [3.8, 4) is 22.5 Å². The first kappa shape index (κ1) is 18.2. The molecule has 0 fully saturated rings. The highest BCUT2D eigenvalue weighted by molar-refractivity contribution is 7.99. The summed E-state index contributed by atoms with van der Waals surface area (Å²) in [7, 11) is 0. The Hall–Kier alpha value is -1.58. The standard InChI is InChI=1S/C22H24OS2/c1-16(2)17-9-11-19(12-10-17)22-20(18-7-4-3-5-8-18)15-21(23-22)25-14-6-13-24/h3-5,7-12,15-16,24H,6,13-14H2,1-2H3. The second kappa shape index (κ2) is 8.68. The Kier molecular flexibility index (Phi) is 6.33. The molecule has 0 saturated carbocycles. The third-order valence-electron chi connectivity index (χ3n) is 4.18. The highest BCUT2D eigenvalue weighted by Gasteiger charge is 2.15. The summed E-state index contributed by atoms with van der Waals surface area (Å²) in [5.74, 6) is 3.42. The van der Waals surface area contributed by atoms with E-state index in [0.29, 0.717) is 5.92 Å². The normalized spacial score (nSPS) is 11.2. The Balaban J connectivity index is 1.98. The van der Waals surface area contributed by atoms with Crippen molar-refractivity contribution in [2.24, 2.45) is 0 Å². The molecule has 2 aromatic carbocycles. The fourth-order valence-electron chi connectivity index (χ4n) is 2.74. The molecule has 0 radical (unpaired) electrons. The minimum Gasteiger partial charge on any atom is -0.449 e. The van der Waals surface area contributed by atoms with Crippen LogP contribution in [0.5, 0.6) is 0 Å². The summed E-state index contributed by atoms with van der Waals surface area (Å²) in [6.45, 7) is 4.43. The molecular formula is C22H24OS2. The maximum Gasteiger partial charge on any atom is 0.161 e. The van der Waals surface area contributed by atoms with Gasteiger partial charge in [0, 0.05) is 16.9 Å². The fourth-order valence-corrected chi connectivity index (χ4v) is 3.95.